The second kappa shape index (κ2) is 6.54. The molecule has 0 unspecified atom stereocenters. The molecule has 3 rings (SSSR count). The van der Waals surface area contributed by atoms with Crippen molar-refractivity contribution in [2.24, 2.45) is 0 Å². The maximum Gasteiger partial charge on any atom is 0.234 e. The molecule has 0 saturated carbocycles. The summed E-state index contributed by atoms with van der Waals surface area (Å²) in [5.41, 5.74) is 0.828. The molecule has 0 heterocycles. The van der Waals surface area contributed by atoms with Crippen molar-refractivity contribution in [1.82, 2.24) is 0 Å². The van der Waals surface area contributed by atoms with Gasteiger partial charge in [-0.1, -0.05) is 36.4 Å². The lowest BCUT2D eigenvalue weighted by molar-refractivity contribution is -0.113. The molecular weight excluding hydrogens is 294 g/mol. The van der Waals surface area contributed by atoms with E-state index in [-0.39, 0.29) is 11.7 Å². The van der Waals surface area contributed by atoms with E-state index in [1.807, 2.05) is 42.5 Å². The van der Waals surface area contributed by atoms with Gasteiger partial charge in [0.15, 0.2) is 0 Å². The van der Waals surface area contributed by atoms with Gasteiger partial charge in [-0.15, -0.1) is 11.8 Å². The molecule has 3 aromatic carbocycles. The minimum Gasteiger partial charge on any atom is -0.508 e. The standard InChI is InChI=1S/C18H15NO2S/c20-14-8-10-15(11-9-14)22-12-18(21)19-17-7-3-5-13-4-1-2-6-16(13)17/h1-11,20H,12H2,(H,19,21). The molecule has 0 aromatic heterocycles. The summed E-state index contributed by atoms with van der Waals surface area (Å²) in [6, 6.07) is 20.7. The van der Waals surface area contributed by atoms with Crippen LogP contribution in [-0.2, 0) is 4.79 Å². The summed E-state index contributed by atoms with van der Waals surface area (Å²) in [7, 11) is 0. The molecule has 1 amide bonds. The van der Waals surface area contributed by atoms with Crippen LogP contribution >= 0.6 is 11.8 Å². The Bertz CT molecular complexity index is 794. The van der Waals surface area contributed by atoms with Crippen LogP contribution < -0.4 is 5.32 Å². The van der Waals surface area contributed by atoms with Crippen LogP contribution in [0.25, 0.3) is 10.8 Å². The van der Waals surface area contributed by atoms with Crippen molar-refractivity contribution in [3.63, 3.8) is 0 Å². The summed E-state index contributed by atoms with van der Waals surface area (Å²) in [5, 5.41) is 14.3. The van der Waals surface area contributed by atoms with Crippen LogP contribution in [0.2, 0.25) is 0 Å². The van der Waals surface area contributed by atoms with Gasteiger partial charge in [0.1, 0.15) is 5.75 Å². The Kier molecular flexibility index (Phi) is 4.30. The fourth-order valence-electron chi connectivity index (χ4n) is 2.21. The van der Waals surface area contributed by atoms with Crippen molar-refractivity contribution in [2.75, 3.05) is 11.1 Å². The first kappa shape index (κ1) is 14.5. The second-order valence-corrected chi connectivity index (χ2v) is 5.91. The van der Waals surface area contributed by atoms with E-state index >= 15 is 0 Å². The molecule has 0 spiro atoms. The molecule has 0 radical (unpaired) electrons. The number of aromatic hydroxyl groups is 1. The third-order valence-electron chi connectivity index (χ3n) is 3.27. The van der Waals surface area contributed by atoms with Crippen molar-refractivity contribution in [3.05, 3.63) is 66.7 Å². The fourth-order valence-corrected chi connectivity index (χ4v) is 2.91. The molecule has 0 aliphatic heterocycles. The number of nitrogens with one attached hydrogen (secondary N) is 1. The second-order valence-electron chi connectivity index (χ2n) is 4.86. The highest BCUT2D eigenvalue weighted by molar-refractivity contribution is 8.00. The number of carbonyl (C=O) groups excluding carboxylic acids is 1. The summed E-state index contributed by atoms with van der Waals surface area (Å²) in [4.78, 5) is 13.1. The van der Waals surface area contributed by atoms with E-state index in [0.717, 1.165) is 21.4 Å². The number of phenolic OH excluding ortho intramolecular Hbond substituents is 1. The maximum absolute atomic E-state index is 12.1. The van der Waals surface area contributed by atoms with Gasteiger partial charge < -0.3 is 10.4 Å². The Morgan fingerprint density at radius 3 is 2.50 bits per heavy atom. The van der Waals surface area contributed by atoms with Gasteiger partial charge in [-0.05, 0) is 35.7 Å². The Morgan fingerprint density at radius 2 is 1.68 bits per heavy atom. The number of amides is 1. The lowest BCUT2D eigenvalue weighted by atomic mass is 10.1. The topological polar surface area (TPSA) is 49.3 Å². The molecular formula is C18H15NO2S. The lowest BCUT2D eigenvalue weighted by Gasteiger charge is -2.08. The van der Waals surface area contributed by atoms with Crippen molar-refractivity contribution < 1.29 is 9.90 Å². The Labute approximate surface area is 133 Å². The van der Waals surface area contributed by atoms with Gasteiger partial charge in [0.05, 0.1) is 5.75 Å². The van der Waals surface area contributed by atoms with E-state index in [2.05, 4.69) is 5.32 Å². The number of hydrogen-bond donors (Lipinski definition) is 2. The summed E-state index contributed by atoms with van der Waals surface area (Å²) >= 11 is 1.44. The number of phenols is 1. The third-order valence-corrected chi connectivity index (χ3v) is 4.28. The van der Waals surface area contributed by atoms with Crippen LogP contribution in [0.3, 0.4) is 0 Å². The van der Waals surface area contributed by atoms with E-state index in [4.69, 9.17) is 0 Å². The highest BCUT2D eigenvalue weighted by atomic mass is 32.2. The summed E-state index contributed by atoms with van der Waals surface area (Å²) in [5.74, 6) is 0.507. The predicted octanol–water partition coefficient (Wildman–Crippen LogP) is 4.28. The predicted molar refractivity (Wildman–Crippen MR) is 91.4 cm³/mol. The molecule has 3 aromatic rings. The third kappa shape index (κ3) is 3.40. The van der Waals surface area contributed by atoms with Gasteiger partial charge in [-0.25, -0.2) is 0 Å². The Hall–Kier alpha value is -2.46. The molecule has 0 aliphatic rings. The van der Waals surface area contributed by atoms with Crippen LogP contribution in [0, 0.1) is 0 Å². The Morgan fingerprint density at radius 1 is 0.955 bits per heavy atom. The zero-order chi connectivity index (χ0) is 15.4. The van der Waals surface area contributed by atoms with Crippen molar-refractivity contribution >= 4 is 34.1 Å². The maximum atomic E-state index is 12.1. The van der Waals surface area contributed by atoms with E-state index in [0.29, 0.717) is 5.75 Å². The molecule has 0 saturated heterocycles. The minimum absolute atomic E-state index is 0.0468. The monoisotopic (exact) mass is 309 g/mol. The quantitative estimate of drug-likeness (QED) is 0.707. The van der Waals surface area contributed by atoms with Crippen molar-refractivity contribution in [3.8, 4) is 5.75 Å². The highest BCUT2D eigenvalue weighted by Gasteiger charge is 2.06. The fraction of sp³-hybridized carbons (Fsp3) is 0.0556. The molecule has 0 fully saturated rings. The van der Waals surface area contributed by atoms with Gasteiger partial charge in [0, 0.05) is 16.0 Å². The lowest BCUT2D eigenvalue weighted by Crippen LogP contribution is -2.14. The van der Waals surface area contributed by atoms with Gasteiger partial charge in [0.25, 0.3) is 0 Å². The molecule has 4 heteroatoms. The van der Waals surface area contributed by atoms with Crippen LogP contribution in [0.4, 0.5) is 5.69 Å². The SMILES string of the molecule is O=C(CSc1ccc(O)cc1)Nc1cccc2ccccc12. The first-order valence-corrected chi connectivity index (χ1v) is 7.90. The number of thioether (sulfide) groups is 1. The molecule has 2 N–H and O–H groups in total. The number of rotatable bonds is 4. The molecule has 3 nitrogen and oxygen atoms in total. The molecule has 22 heavy (non-hydrogen) atoms. The van der Waals surface area contributed by atoms with E-state index in [1.165, 1.54) is 11.8 Å². The van der Waals surface area contributed by atoms with E-state index in [1.54, 1.807) is 24.3 Å². The summed E-state index contributed by atoms with van der Waals surface area (Å²) in [6.45, 7) is 0. The zero-order valence-electron chi connectivity index (χ0n) is 11.8. The van der Waals surface area contributed by atoms with Gasteiger partial charge in [-0.2, -0.15) is 0 Å². The molecule has 0 atom stereocenters. The van der Waals surface area contributed by atoms with Crippen LogP contribution in [0.1, 0.15) is 0 Å². The van der Waals surface area contributed by atoms with Gasteiger partial charge in [0.2, 0.25) is 5.91 Å². The number of anilines is 1. The number of carbonyl (C=O) groups is 1. The first-order chi connectivity index (χ1) is 10.7. The molecule has 0 aliphatic carbocycles. The van der Waals surface area contributed by atoms with E-state index < -0.39 is 0 Å². The highest BCUT2D eigenvalue weighted by Crippen LogP contribution is 2.24. The Balaban J connectivity index is 1.67. The number of fused-ring (bicyclic) bond motifs is 1. The molecule has 110 valence electrons. The van der Waals surface area contributed by atoms with E-state index in [9.17, 15) is 9.90 Å². The van der Waals surface area contributed by atoms with Gasteiger partial charge >= 0.3 is 0 Å². The smallest absolute Gasteiger partial charge is 0.234 e. The average Bonchev–Trinajstić information content (AvgIpc) is 2.55. The average molecular weight is 309 g/mol. The first-order valence-electron chi connectivity index (χ1n) is 6.92. The largest absolute Gasteiger partial charge is 0.508 e. The number of hydrogen-bond acceptors (Lipinski definition) is 3. The zero-order valence-corrected chi connectivity index (χ0v) is 12.6. The number of benzene rings is 3. The minimum atomic E-state index is -0.0468. The van der Waals surface area contributed by atoms with Crippen LogP contribution in [0.15, 0.2) is 71.6 Å². The summed E-state index contributed by atoms with van der Waals surface area (Å²) in [6.07, 6.45) is 0. The normalized spacial score (nSPS) is 10.5. The molecule has 0 bridgehead atoms. The van der Waals surface area contributed by atoms with Crippen molar-refractivity contribution in [1.29, 1.82) is 0 Å². The summed E-state index contributed by atoms with van der Waals surface area (Å²) < 4.78 is 0. The van der Waals surface area contributed by atoms with Crippen molar-refractivity contribution in [2.45, 2.75) is 4.90 Å². The van der Waals surface area contributed by atoms with Gasteiger partial charge in [-0.3, -0.25) is 4.79 Å². The van der Waals surface area contributed by atoms with Crippen LogP contribution in [0.5, 0.6) is 5.75 Å². The van der Waals surface area contributed by atoms with Crippen LogP contribution in [-0.4, -0.2) is 16.8 Å².